The van der Waals surface area contributed by atoms with Crippen LogP contribution in [0.15, 0.2) is 67.0 Å². The maximum Gasteiger partial charge on any atom is 0.237 e. The molecule has 0 spiro atoms. The van der Waals surface area contributed by atoms with Crippen LogP contribution in [0.1, 0.15) is 23.1 Å². The molecule has 3 aromatic rings. The van der Waals surface area contributed by atoms with Crippen molar-refractivity contribution in [3.05, 3.63) is 100 Å². The van der Waals surface area contributed by atoms with Crippen LogP contribution in [0.2, 0.25) is 5.02 Å². The van der Waals surface area contributed by atoms with Crippen molar-refractivity contribution in [3.8, 4) is 0 Å². The molecule has 1 amide bonds. The highest BCUT2D eigenvalue weighted by Crippen LogP contribution is 2.23. The average molecular weight is 471 g/mol. The molecule has 1 aliphatic rings. The Morgan fingerprint density at radius 2 is 1.88 bits per heavy atom. The summed E-state index contributed by atoms with van der Waals surface area (Å²) in [7, 11) is 0. The Bertz CT molecular complexity index is 1100. The molecule has 5 nitrogen and oxygen atoms in total. The molecule has 0 radical (unpaired) electrons. The number of halogens is 3. The van der Waals surface area contributed by atoms with E-state index >= 15 is 0 Å². The van der Waals surface area contributed by atoms with Crippen LogP contribution in [-0.4, -0.2) is 34.4 Å². The summed E-state index contributed by atoms with van der Waals surface area (Å²) in [4.78, 5) is 19.3. The molecule has 0 saturated carbocycles. The molecule has 1 fully saturated rings. The number of carbonyl (C=O) groups excluding carboxylic acids is 1. The highest BCUT2D eigenvalue weighted by atomic mass is 35.5. The molecule has 0 bridgehead atoms. The molecule has 1 aliphatic heterocycles. The largest absolute Gasteiger partial charge is 0.351 e. The Morgan fingerprint density at radius 3 is 2.64 bits per heavy atom. The van der Waals surface area contributed by atoms with Crippen molar-refractivity contribution in [2.45, 2.75) is 38.1 Å². The van der Waals surface area contributed by atoms with Crippen molar-refractivity contribution in [1.82, 2.24) is 20.5 Å². The second-order valence-corrected chi connectivity index (χ2v) is 8.65. The molecule has 172 valence electrons. The minimum Gasteiger partial charge on any atom is -0.351 e. The number of likely N-dealkylation sites (tertiary alicyclic amines) is 1. The van der Waals surface area contributed by atoms with Crippen molar-refractivity contribution in [2.24, 2.45) is 0 Å². The lowest BCUT2D eigenvalue weighted by atomic mass is 10.1. The van der Waals surface area contributed by atoms with E-state index in [1.165, 1.54) is 6.07 Å². The zero-order valence-electron chi connectivity index (χ0n) is 18.0. The smallest absolute Gasteiger partial charge is 0.237 e. The Hall–Kier alpha value is -2.87. The zero-order valence-corrected chi connectivity index (χ0v) is 18.7. The molecule has 8 heteroatoms. The van der Waals surface area contributed by atoms with Crippen LogP contribution in [0, 0.1) is 11.6 Å². The van der Waals surface area contributed by atoms with Gasteiger partial charge in [0.2, 0.25) is 5.91 Å². The first-order chi connectivity index (χ1) is 16.0. The molecule has 1 aromatic heterocycles. The maximum atomic E-state index is 13.5. The van der Waals surface area contributed by atoms with Crippen LogP contribution in [-0.2, 0) is 24.4 Å². The van der Waals surface area contributed by atoms with Crippen LogP contribution in [0.25, 0.3) is 0 Å². The van der Waals surface area contributed by atoms with E-state index in [1.807, 2.05) is 36.4 Å². The maximum absolute atomic E-state index is 13.5. The summed E-state index contributed by atoms with van der Waals surface area (Å²) in [6.45, 7) is 2.01. The minimum atomic E-state index is -0.865. The van der Waals surface area contributed by atoms with E-state index in [0.717, 1.165) is 17.2 Å². The highest BCUT2D eigenvalue weighted by molar-refractivity contribution is 6.30. The summed E-state index contributed by atoms with van der Waals surface area (Å²) in [5.41, 5.74) is 2.60. The molecule has 2 heterocycles. The SMILES string of the molecule is O=C(NCc1cccnc1)[C@@H]1C[C@H](NCc2ccc(F)c(F)c2)CN1Cc1cccc(Cl)c1. The van der Waals surface area contributed by atoms with E-state index in [4.69, 9.17) is 11.6 Å². The number of carbonyl (C=O) groups is 1. The van der Waals surface area contributed by atoms with E-state index in [0.29, 0.717) is 43.2 Å². The predicted molar refractivity (Wildman–Crippen MR) is 123 cm³/mol. The fourth-order valence-corrected chi connectivity index (χ4v) is 4.30. The van der Waals surface area contributed by atoms with Gasteiger partial charge in [-0.05, 0) is 53.4 Å². The molecule has 0 aliphatic carbocycles. The second kappa shape index (κ2) is 10.8. The van der Waals surface area contributed by atoms with Gasteiger partial charge in [0.25, 0.3) is 0 Å². The topological polar surface area (TPSA) is 57.3 Å². The molecule has 1 saturated heterocycles. The van der Waals surface area contributed by atoms with E-state index in [-0.39, 0.29) is 18.0 Å². The average Bonchev–Trinajstić information content (AvgIpc) is 3.21. The van der Waals surface area contributed by atoms with E-state index in [1.54, 1.807) is 18.5 Å². The van der Waals surface area contributed by atoms with E-state index < -0.39 is 11.6 Å². The van der Waals surface area contributed by atoms with Gasteiger partial charge in [-0.1, -0.05) is 35.9 Å². The fourth-order valence-electron chi connectivity index (χ4n) is 4.09. The molecule has 4 rings (SSSR count). The van der Waals surface area contributed by atoms with Crippen molar-refractivity contribution >= 4 is 17.5 Å². The standard InChI is InChI=1S/C25H25ClF2N4O/c26-20-5-1-3-18(9-20)15-32-16-21(30-13-17-6-7-22(27)23(28)10-17)11-24(32)25(33)31-14-19-4-2-8-29-12-19/h1-10,12,21,24,30H,11,13-16H2,(H,31,33)/t21-,24-/m0/s1. The Balaban J connectivity index is 1.42. The van der Waals surface area contributed by atoms with Gasteiger partial charge in [-0.3, -0.25) is 14.7 Å². The Kier molecular flexibility index (Phi) is 7.65. The van der Waals surface area contributed by atoms with Crippen molar-refractivity contribution in [2.75, 3.05) is 6.54 Å². The van der Waals surface area contributed by atoms with Crippen molar-refractivity contribution < 1.29 is 13.6 Å². The van der Waals surface area contributed by atoms with Gasteiger partial charge in [0.05, 0.1) is 6.04 Å². The number of hydrogen-bond donors (Lipinski definition) is 2. The summed E-state index contributed by atoms with van der Waals surface area (Å²) in [5, 5.41) is 7.04. The van der Waals surface area contributed by atoms with Crippen LogP contribution >= 0.6 is 11.6 Å². The third-order valence-electron chi connectivity index (χ3n) is 5.75. The van der Waals surface area contributed by atoms with Gasteiger partial charge in [-0.15, -0.1) is 0 Å². The lowest BCUT2D eigenvalue weighted by molar-refractivity contribution is -0.125. The van der Waals surface area contributed by atoms with E-state index in [2.05, 4.69) is 20.5 Å². The number of rotatable bonds is 8. The first-order valence-corrected chi connectivity index (χ1v) is 11.2. The number of amides is 1. The first kappa shape index (κ1) is 23.3. The quantitative estimate of drug-likeness (QED) is 0.521. The van der Waals surface area contributed by atoms with Gasteiger partial charge in [0.1, 0.15) is 0 Å². The van der Waals surface area contributed by atoms with E-state index in [9.17, 15) is 13.6 Å². The molecule has 2 N–H and O–H groups in total. The van der Waals surface area contributed by atoms with Crippen LogP contribution in [0.5, 0.6) is 0 Å². The highest BCUT2D eigenvalue weighted by Gasteiger charge is 2.36. The monoisotopic (exact) mass is 470 g/mol. The Labute approximate surface area is 196 Å². The van der Waals surface area contributed by atoms with Crippen LogP contribution in [0.3, 0.4) is 0 Å². The lowest BCUT2D eigenvalue weighted by Crippen LogP contribution is -2.42. The van der Waals surface area contributed by atoms with Gasteiger partial charge in [-0.25, -0.2) is 8.78 Å². The molecule has 33 heavy (non-hydrogen) atoms. The second-order valence-electron chi connectivity index (χ2n) is 8.22. The summed E-state index contributed by atoms with van der Waals surface area (Å²) < 4.78 is 26.7. The number of nitrogens with zero attached hydrogens (tertiary/aromatic N) is 2. The molecular weight excluding hydrogens is 446 g/mol. The van der Waals surface area contributed by atoms with Gasteiger partial charge in [0.15, 0.2) is 11.6 Å². The van der Waals surface area contributed by atoms with Gasteiger partial charge < -0.3 is 10.6 Å². The molecule has 2 atom stereocenters. The third-order valence-corrected chi connectivity index (χ3v) is 5.98. The van der Waals surface area contributed by atoms with Crippen molar-refractivity contribution in [3.63, 3.8) is 0 Å². The predicted octanol–water partition coefficient (Wildman–Crippen LogP) is 4.06. The Morgan fingerprint density at radius 1 is 1.03 bits per heavy atom. The zero-order chi connectivity index (χ0) is 23.2. The van der Waals surface area contributed by atoms with Gasteiger partial charge in [-0.2, -0.15) is 0 Å². The lowest BCUT2D eigenvalue weighted by Gasteiger charge is -2.23. The third kappa shape index (κ3) is 6.35. The number of pyridine rings is 1. The van der Waals surface area contributed by atoms with Crippen LogP contribution < -0.4 is 10.6 Å². The van der Waals surface area contributed by atoms with Gasteiger partial charge >= 0.3 is 0 Å². The van der Waals surface area contributed by atoms with Crippen LogP contribution in [0.4, 0.5) is 8.78 Å². The first-order valence-electron chi connectivity index (χ1n) is 10.8. The number of aromatic nitrogens is 1. The normalized spacial score (nSPS) is 18.4. The number of benzene rings is 2. The number of hydrogen-bond acceptors (Lipinski definition) is 4. The summed E-state index contributed by atoms with van der Waals surface area (Å²) in [6, 6.07) is 14.9. The fraction of sp³-hybridized carbons (Fsp3) is 0.280. The van der Waals surface area contributed by atoms with Crippen molar-refractivity contribution in [1.29, 1.82) is 0 Å². The summed E-state index contributed by atoms with van der Waals surface area (Å²) >= 11 is 6.14. The molecule has 0 unspecified atom stereocenters. The summed E-state index contributed by atoms with van der Waals surface area (Å²) in [5.74, 6) is -1.79. The molecule has 2 aromatic carbocycles. The van der Waals surface area contributed by atoms with Gasteiger partial charge in [0, 0.05) is 49.6 Å². The summed E-state index contributed by atoms with van der Waals surface area (Å²) in [6.07, 6.45) is 4.02. The number of nitrogens with one attached hydrogen (secondary N) is 2. The molecular formula is C25H25ClF2N4O. The minimum absolute atomic E-state index is 0.0199.